The van der Waals surface area contributed by atoms with Gasteiger partial charge < -0.3 is 14.9 Å². The highest BCUT2D eigenvalue weighted by Gasteiger charge is 2.27. The third kappa shape index (κ3) is 6.67. The van der Waals surface area contributed by atoms with E-state index < -0.39 is 5.97 Å². The van der Waals surface area contributed by atoms with Crippen LogP contribution in [-0.4, -0.2) is 31.1 Å². The lowest BCUT2D eigenvalue weighted by atomic mass is 9.88. The second kappa shape index (κ2) is 11.9. The number of carboxylic acid groups (broad SMARTS) is 1. The van der Waals surface area contributed by atoms with Crippen LogP contribution in [0.15, 0.2) is 72.8 Å². The number of carbonyl (C=O) groups excluding carboxylic acids is 1. The Bertz CT molecular complexity index is 1270. The van der Waals surface area contributed by atoms with E-state index in [2.05, 4.69) is 54.3 Å². The number of nitrogens with zero attached hydrogens (tertiary/aromatic N) is 2. The Labute approximate surface area is 220 Å². The van der Waals surface area contributed by atoms with Gasteiger partial charge >= 0.3 is 5.97 Å². The normalized spacial score (nSPS) is 14.0. The predicted molar refractivity (Wildman–Crippen MR) is 152 cm³/mol. The number of carboxylic acids is 1. The number of rotatable bonds is 8. The summed E-state index contributed by atoms with van der Waals surface area (Å²) >= 11 is 0. The third-order valence-corrected chi connectivity index (χ3v) is 7.15. The zero-order valence-corrected chi connectivity index (χ0v) is 22.0. The van der Waals surface area contributed by atoms with Gasteiger partial charge in [0.1, 0.15) is 0 Å². The highest BCUT2D eigenvalue weighted by atomic mass is 16.4. The fraction of sp³-hybridized carbons (Fsp3) is 0.312. The van der Waals surface area contributed by atoms with Crippen molar-refractivity contribution in [2.24, 2.45) is 5.92 Å². The summed E-state index contributed by atoms with van der Waals surface area (Å²) in [7, 11) is 4.07. The van der Waals surface area contributed by atoms with Gasteiger partial charge in [-0.15, -0.1) is 0 Å². The van der Waals surface area contributed by atoms with Crippen LogP contribution in [0.4, 0.5) is 11.4 Å². The average Bonchev–Trinajstić information content (AvgIpc) is 2.91. The van der Waals surface area contributed by atoms with Crippen molar-refractivity contribution < 1.29 is 14.7 Å². The highest BCUT2D eigenvalue weighted by molar-refractivity contribution is 5.95. The molecule has 0 aliphatic heterocycles. The van der Waals surface area contributed by atoms with E-state index >= 15 is 0 Å². The van der Waals surface area contributed by atoms with E-state index in [0.717, 1.165) is 54.3 Å². The molecule has 0 spiro atoms. The lowest BCUT2D eigenvalue weighted by Crippen LogP contribution is -2.36. The first-order valence-corrected chi connectivity index (χ1v) is 13.0. The van der Waals surface area contributed by atoms with Crippen molar-refractivity contribution in [1.29, 1.82) is 0 Å². The first kappa shape index (κ1) is 26.2. The van der Waals surface area contributed by atoms with E-state index in [4.69, 9.17) is 5.11 Å². The minimum Gasteiger partial charge on any atom is -0.478 e. The summed E-state index contributed by atoms with van der Waals surface area (Å²) < 4.78 is 0. The van der Waals surface area contributed by atoms with Crippen LogP contribution in [0.3, 0.4) is 0 Å². The molecule has 1 aliphatic carbocycles. The number of benzene rings is 3. The summed E-state index contributed by atoms with van der Waals surface area (Å²) in [4.78, 5) is 28.7. The number of carbonyl (C=O) groups is 2. The molecule has 3 aromatic rings. The standard InChI is InChI=1S/C32H36N2O3/c1-23-20-25(12-18-30(23)26-14-16-28(17-15-26)33(2)3)22-34(32(37)27-9-5-4-6-10-27)29-11-7-8-24(21-29)13-19-31(35)36/h7-8,11-21,27H,4-6,9-10,22H2,1-3H3,(H,35,36). The molecule has 4 rings (SSSR count). The van der Waals surface area contributed by atoms with Gasteiger partial charge in [-0.3, -0.25) is 4.79 Å². The summed E-state index contributed by atoms with van der Waals surface area (Å²) in [6, 6.07) is 22.5. The van der Waals surface area contributed by atoms with Crippen LogP contribution in [0.1, 0.15) is 48.8 Å². The Hall–Kier alpha value is -3.86. The molecule has 192 valence electrons. The molecule has 0 heterocycles. The van der Waals surface area contributed by atoms with Gasteiger partial charge in [-0.25, -0.2) is 4.79 Å². The van der Waals surface area contributed by atoms with Crippen molar-refractivity contribution in [3.8, 4) is 11.1 Å². The van der Waals surface area contributed by atoms with Crippen molar-refractivity contribution in [2.75, 3.05) is 23.9 Å². The molecular weight excluding hydrogens is 460 g/mol. The van der Waals surface area contributed by atoms with Gasteiger partial charge in [-0.2, -0.15) is 0 Å². The second-order valence-electron chi connectivity index (χ2n) is 10.1. The zero-order chi connectivity index (χ0) is 26.4. The molecule has 5 nitrogen and oxygen atoms in total. The fourth-order valence-electron chi connectivity index (χ4n) is 5.10. The van der Waals surface area contributed by atoms with Gasteiger partial charge in [0.2, 0.25) is 5.91 Å². The van der Waals surface area contributed by atoms with Crippen LogP contribution in [0.5, 0.6) is 0 Å². The largest absolute Gasteiger partial charge is 0.478 e. The van der Waals surface area contributed by atoms with Crippen molar-refractivity contribution in [2.45, 2.75) is 45.6 Å². The van der Waals surface area contributed by atoms with Crippen LogP contribution >= 0.6 is 0 Å². The van der Waals surface area contributed by atoms with Crippen molar-refractivity contribution >= 4 is 29.3 Å². The fourth-order valence-corrected chi connectivity index (χ4v) is 5.10. The zero-order valence-electron chi connectivity index (χ0n) is 22.0. The van der Waals surface area contributed by atoms with E-state index in [1.807, 2.05) is 43.3 Å². The summed E-state index contributed by atoms with van der Waals surface area (Å²) in [6.07, 6.45) is 7.91. The van der Waals surface area contributed by atoms with Gasteiger partial charge in [-0.05, 0) is 77.9 Å². The van der Waals surface area contributed by atoms with E-state index in [-0.39, 0.29) is 11.8 Å². The monoisotopic (exact) mass is 496 g/mol. The number of hydrogen-bond acceptors (Lipinski definition) is 3. The molecule has 1 saturated carbocycles. The Balaban J connectivity index is 1.63. The first-order valence-electron chi connectivity index (χ1n) is 13.0. The molecule has 0 atom stereocenters. The molecule has 1 aliphatic rings. The van der Waals surface area contributed by atoms with Gasteiger partial charge in [-0.1, -0.05) is 61.7 Å². The average molecular weight is 497 g/mol. The van der Waals surface area contributed by atoms with Gasteiger partial charge in [0.15, 0.2) is 0 Å². The summed E-state index contributed by atoms with van der Waals surface area (Å²) in [5.41, 5.74) is 7.30. The Morgan fingerprint density at radius 2 is 1.65 bits per heavy atom. The number of hydrogen-bond donors (Lipinski definition) is 1. The van der Waals surface area contributed by atoms with Crippen molar-refractivity contribution in [3.63, 3.8) is 0 Å². The summed E-state index contributed by atoms with van der Waals surface area (Å²) in [6.45, 7) is 2.59. The maximum absolute atomic E-state index is 13.8. The van der Waals surface area contributed by atoms with E-state index in [1.54, 1.807) is 6.08 Å². The number of aryl methyl sites for hydroxylation is 1. The summed E-state index contributed by atoms with van der Waals surface area (Å²) in [5, 5.41) is 9.02. The van der Waals surface area contributed by atoms with Gasteiger partial charge in [0, 0.05) is 37.5 Å². The minimum absolute atomic E-state index is 0.0301. The molecule has 3 aromatic carbocycles. The Morgan fingerprint density at radius 3 is 2.30 bits per heavy atom. The quantitative estimate of drug-likeness (QED) is 0.343. The second-order valence-corrected chi connectivity index (χ2v) is 10.1. The maximum atomic E-state index is 13.8. The Kier molecular flexibility index (Phi) is 8.44. The number of anilines is 2. The van der Waals surface area contributed by atoms with Crippen molar-refractivity contribution in [3.05, 3.63) is 89.5 Å². The molecule has 0 saturated heterocycles. The third-order valence-electron chi connectivity index (χ3n) is 7.15. The van der Waals surface area contributed by atoms with Crippen LogP contribution in [0.2, 0.25) is 0 Å². The van der Waals surface area contributed by atoms with Crippen LogP contribution < -0.4 is 9.80 Å². The molecular formula is C32H36N2O3. The SMILES string of the molecule is Cc1cc(CN(C(=O)C2CCCCC2)c2cccc(C=CC(=O)O)c2)ccc1-c1ccc(N(C)C)cc1. The maximum Gasteiger partial charge on any atom is 0.328 e. The predicted octanol–water partition coefficient (Wildman–Crippen LogP) is 6.94. The molecule has 5 heteroatoms. The molecule has 0 unspecified atom stereocenters. The summed E-state index contributed by atoms with van der Waals surface area (Å²) in [5.74, 6) is -0.810. The molecule has 0 radical (unpaired) electrons. The Morgan fingerprint density at radius 1 is 0.919 bits per heavy atom. The smallest absolute Gasteiger partial charge is 0.328 e. The van der Waals surface area contributed by atoms with E-state index in [9.17, 15) is 9.59 Å². The van der Waals surface area contributed by atoms with E-state index in [0.29, 0.717) is 6.54 Å². The molecule has 1 amide bonds. The van der Waals surface area contributed by atoms with Gasteiger partial charge in [0.05, 0.1) is 6.54 Å². The topological polar surface area (TPSA) is 60.9 Å². The lowest BCUT2D eigenvalue weighted by molar-refractivity contribution is -0.131. The number of aliphatic carboxylic acids is 1. The number of amides is 1. The molecule has 0 aromatic heterocycles. The van der Waals surface area contributed by atoms with E-state index in [1.165, 1.54) is 23.1 Å². The minimum atomic E-state index is -0.993. The van der Waals surface area contributed by atoms with Crippen LogP contribution in [-0.2, 0) is 16.1 Å². The molecule has 37 heavy (non-hydrogen) atoms. The highest BCUT2D eigenvalue weighted by Crippen LogP contribution is 2.31. The van der Waals surface area contributed by atoms with Crippen LogP contribution in [0.25, 0.3) is 17.2 Å². The molecule has 0 bridgehead atoms. The lowest BCUT2D eigenvalue weighted by Gasteiger charge is -2.30. The van der Waals surface area contributed by atoms with Gasteiger partial charge in [0.25, 0.3) is 0 Å². The molecule has 1 N–H and O–H groups in total. The first-order chi connectivity index (χ1) is 17.8. The molecule has 1 fully saturated rings. The van der Waals surface area contributed by atoms with Crippen LogP contribution in [0, 0.1) is 12.8 Å². The van der Waals surface area contributed by atoms with Crippen molar-refractivity contribution in [1.82, 2.24) is 0 Å².